The highest BCUT2D eigenvalue weighted by Crippen LogP contribution is 2.40. The third kappa shape index (κ3) is 8.42. The van der Waals surface area contributed by atoms with E-state index in [0.717, 1.165) is 38.3 Å². The van der Waals surface area contributed by atoms with Gasteiger partial charge in [0.15, 0.2) is 6.10 Å². The van der Waals surface area contributed by atoms with Gasteiger partial charge in [-0.15, -0.1) is 11.3 Å². The van der Waals surface area contributed by atoms with Crippen LogP contribution in [0, 0.1) is 0 Å². The van der Waals surface area contributed by atoms with Crippen LogP contribution in [-0.4, -0.2) is 81.1 Å². The van der Waals surface area contributed by atoms with Crippen molar-refractivity contribution in [2.45, 2.75) is 50.0 Å². The van der Waals surface area contributed by atoms with Gasteiger partial charge in [0, 0.05) is 44.0 Å². The van der Waals surface area contributed by atoms with E-state index in [4.69, 9.17) is 24.5 Å². The van der Waals surface area contributed by atoms with Gasteiger partial charge in [-0.1, -0.05) is 6.07 Å². The molecule has 0 aliphatic carbocycles. The second kappa shape index (κ2) is 12.6. The normalized spacial score (nSPS) is 18.8. The quantitative estimate of drug-likeness (QED) is 0.477. The Hall–Kier alpha value is -3.18. The summed E-state index contributed by atoms with van der Waals surface area (Å²) < 4.78 is 71.9. The molecule has 1 spiro atoms. The molecule has 3 N–H and O–H groups in total. The first-order chi connectivity index (χ1) is 17.6. The number of aromatic nitrogens is 2. The Bertz CT molecular complexity index is 1060. The summed E-state index contributed by atoms with van der Waals surface area (Å²) in [6, 6.07) is 4.28. The van der Waals surface area contributed by atoms with E-state index in [2.05, 4.69) is 37.3 Å². The van der Waals surface area contributed by atoms with Crippen LogP contribution in [0.2, 0.25) is 0 Å². The van der Waals surface area contributed by atoms with E-state index >= 15 is 0 Å². The third-order valence-electron chi connectivity index (χ3n) is 5.50. The van der Waals surface area contributed by atoms with Crippen molar-refractivity contribution in [3.8, 4) is 0 Å². The topological polar surface area (TPSA) is 134 Å². The number of fused-ring (bicyclic) bond motifs is 2. The fourth-order valence-corrected chi connectivity index (χ4v) is 4.48. The molecule has 1 fully saturated rings. The molecule has 212 valence electrons. The Labute approximate surface area is 215 Å². The lowest BCUT2D eigenvalue weighted by molar-refractivity contribution is -0.193. The summed E-state index contributed by atoms with van der Waals surface area (Å²) in [6.07, 6.45) is -5.12. The Morgan fingerprint density at radius 1 is 1.13 bits per heavy atom. The van der Waals surface area contributed by atoms with E-state index < -0.39 is 36.0 Å². The number of nitrogens with one attached hydrogen (secondary N) is 1. The molecule has 4 rings (SSSR count). The van der Waals surface area contributed by atoms with E-state index in [1.165, 1.54) is 4.88 Å². The molecule has 17 heteroatoms. The first kappa shape index (κ1) is 31.0. The molecule has 1 unspecified atom stereocenters. The second-order valence-electron chi connectivity index (χ2n) is 8.08. The van der Waals surface area contributed by atoms with Crippen LogP contribution in [0.1, 0.15) is 23.5 Å². The minimum Gasteiger partial charge on any atom is -0.475 e. The average molecular weight is 575 g/mol. The number of hydrogen-bond acceptors (Lipinski definition) is 7. The number of aliphatic carboxylic acids is 2. The monoisotopic (exact) mass is 574 g/mol. The zero-order valence-electron chi connectivity index (χ0n) is 19.8. The fourth-order valence-electron chi connectivity index (χ4n) is 3.73. The van der Waals surface area contributed by atoms with Crippen LogP contribution in [-0.2, 0) is 37.8 Å². The molecule has 10 nitrogen and oxygen atoms in total. The number of piperidine rings is 1. The Balaban J connectivity index is 0.000000301. The molecule has 0 bridgehead atoms. The zero-order chi connectivity index (χ0) is 28.7. The SMILES string of the molecule is CNC(=O)C1Cn2ccnc2C2(CCN(Cc3cccs3)CC2)O1.O=C(O)C(F)(F)F.O=C(O)C(F)(F)F. The third-order valence-corrected chi connectivity index (χ3v) is 6.36. The summed E-state index contributed by atoms with van der Waals surface area (Å²) in [5, 5.41) is 19.1. The molecule has 0 radical (unpaired) electrons. The number of halogens is 6. The molecule has 0 aromatic carbocycles. The molecule has 38 heavy (non-hydrogen) atoms. The number of amides is 1. The largest absolute Gasteiger partial charge is 0.490 e. The zero-order valence-corrected chi connectivity index (χ0v) is 20.6. The van der Waals surface area contributed by atoms with Gasteiger partial charge in [0.2, 0.25) is 0 Å². The van der Waals surface area contributed by atoms with Crippen LogP contribution >= 0.6 is 11.3 Å². The predicted molar refractivity (Wildman–Crippen MR) is 119 cm³/mol. The molecule has 2 aromatic heterocycles. The number of hydrogen-bond donors (Lipinski definition) is 3. The summed E-state index contributed by atoms with van der Waals surface area (Å²) in [6.45, 7) is 3.42. The van der Waals surface area contributed by atoms with Crippen molar-refractivity contribution >= 4 is 29.2 Å². The Kier molecular flexibility index (Phi) is 10.3. The number of rotatable bonds is 3. The maximum atomic E-state index is 12.1. The van der Waals surface area contributed by atoms with Gasteiger partial charge >= 0.3 is 24.3 Å². The number of alkyl halides is 6. The summed E-state index contributed by atoms with van der Waals surface area (Å²) in [4.78, 5) is 38.3. The van der Waals surface area contributed by atoms with Crippen LogP contribution in [0.4, 0.5) is 26.3 Å². The van der Waals surface area contributed by atoms with Crippen molar-refractivity contribution in [1.82, 2.24) is 19.8 Å². The molecule has 1 amide bonds. The van der Waals surface area contributed by atoms with Gasteiger partial charge in [-0.05, 0) is 24.3 Å². The predicted octanol–water partition coefficient (Wildman–Crippen LogP) is 2.85. The van der Waals surface area contributed by atoms with Gasteiger partial charge in [-0.2, -0.15) is 26.3 Å². The number of ether oxygens (including phenoxy) is 1. The molecule has 1 atom stereocenters. The second-order valence-corrected chi connectivity index (χ2v) is 9.11. The Morgan fingerprint density at radius 3 is 2.13 bits per heavy atom. The average Bonchev–Trinajstić information content (AvgIpc) is 3.52. The van der Waals surface area contributed by atoms with E-state index in [1.807, 2.05) is 12.4 Å². The maximum Gasteiger partial charge on any atom is 0.490 e. The first-order valence-corrected chi connectivity index (χ1v) is 11.7. The van der Waals surface area contributed by atoms with Crippen molar-refractivity contribution in [1.29, 1.82) is 0 Å². The molecule has 1 saturated heterocycles. The highest BCUT2D eigenvalue weighted by atomic mass is 32.1. The molecule has 2 aliphatic rings. The molecule has 2 aliphatic heterocycles. The number of likely N-dealkylation sites (tertiary alicyclic amines) is 1. The van der Waals surface area contributed by atoms with E-state index in [9.17, 15) is 31.1 Å². The summed E-state index contributed by atoms with van der Waals surface area (Å²) in [5.74, 6) is -4.60. The van der Waals surface area contributed by atoms with Crippen LogP contribution in [0.5, 0.6) is 0 Å². The standard InChI is InChI=1S/C17H22N4O2S.2C2HF3O2/c1-18-15(22)14-12-21-9-6-19-16(21)17(23-14)4-7-20(8-5-17)11-13-3-2-10-24-13;2*3-2(4,5)1(6)7/h2-3,6,9-10,14H,4-5,7-8,11-12H2,1H3,(H,18,22);2*(H,6,7). The minimum atomic E-state index is -5.08. The molecular formula is C21H24F6N4O6S. The van der Waals surface area contributed by atoms with Gasteiger partial charge in [-0.3, -0.25) is 9.69 Å². The van der Waals surface area contributed by atoms with Gasteiger partial charge in [0.05, 0.1) is 6.54 Å². The van der Waals surface area contributed by atoms with E-state index in [1.54, 1.807) is 18.4 Å². The van der Waals surface area contributed by atoms with Crippen LogP contribution in [0.15, 0.2) is 29.9 Å². The number of carbonyl (C=O) groups is 3. The highest BCUT2D eigenvalue weighted by Gasteiger charge is 2.47. The van der Waals surface area contributed by atoms with Gasteiger partial charge in [0.1, 0.15) is 11.4 Å². The smallest absolute Gasteiger partial charge is 0.475 e. The first-order valence-electron chi connectivity index (χ1n) is 10.8. The van der Waals surface area contributed by atoms with Crippen LogP contribution in [0.3, 0.4) is 0 Å². The number of carboxylic acids is 2. The summed E-state index contributed by atoms with van der Waals surface area (Å²) in [7, 11) is 1.66. The van der Waals surface area contributed by atoms with Crippen molar-refractivity contribution < 1.29 is 55.7 Å². The number of carboxylic acid groups (broad SMARTS) is 2. The van der Waals surface area contributed by atoms with Crippen molar-refractivity contribution in [3.63, 3.8) is 0 Å². The number of likely N-dealkylation sites (N-methyl/N-ethyl adjacent to an activating group) is 1. The maximum absolute atomic E-state index is 12.1. The minimum absolute atomic E-state index is 0.0604. The van der Waals surface area contributed by atoms with E-state index in [0.29, 0.717) is 6.54 Å². The van der Waals surface area contributed by atoms with Gasteiger partial charge in [-0.25, -0.2) is 14.6 Å². The fraction of sp³-hybridized carbons (Fsp3) is 0.524. The lowest BCUT2D eigenvalue weighted by Gasteiger charge is -2.45. The highest BCUT2D eigenvalue weighted by molar-refractivity contribution is 7.09. The van der Waals surface area contributed by atoms with Crippen molar-refractivity contribution in [2.24, 2.45) is 0 Å². The van der Waals surface area contributed by atoms with Crippen molar-refractivity contribution in [2.75, 3.05) is 20.1 Å². The van der Waals surface area contributed by atoms with Crippen LogP contribution in [0.25, 0.3) is 0 Å². The van der Waals surface area contributed by atoms with E-state index in [-0.39, 0.29) is 5.91 Å². The number of imidazole rings is 1. The molecule has 4 heterocycles. The number of thiophene rings is 1. The number of nitrogens with zero attached hydrogens (tertiary/aromatic N) is 3. The molecular weight excluding hydrogens is 550 g/mol. The Morgan fingerprint density at radius 2 is 1.68 bits per heavy atom. The number of carbonyl (C=O) groups excluding carboxylic acids is 1. The lowest BCUT2D eigenvalue weighted by Crippen LogP contribution is -2.53. The lowest BCUT2D eigenvalue weighted by atomic mass is 9.88. The molecule has 0 saturated carbocycles. The van der Waals surface area contributed by atoms with Crippen LogP contribution < -0.4 is 5.32 Å². The summed E-state index contributed by atoms with van der Waals surface area (Å²) in [5.41, 5.74) is -0.440. The summed E-state index contributed by atoms with van der Waals surface area (Å²) >= 11 is 1.80. The van der Waals surface area contributed by atoms with Gasteiger partial charge < -0.3 is 24.8 Å². The molecule has 2 aromatic rings. The van der Waals surface area contributed by atoms with Crippen molar-refractivity contribution in [3.05, 3.63) is 40.6 Å². The van der Waals surface area contributed by atoms with Gasteiger partial charge in [0.25, 0.3) is 5.91 Å².